The highest BCUT2D eigenvalue weighted by Crippen LogP contribution is 2.31. The van der Waals surface area contributed by atoms with E-state index < -0.39 is 6.10 Å². The van der Waals surface area contributed by atoms with Crippen molar-refractivity contribution in [3.05, 3.63) is 53.6 Å². The Labute approximate surface area is 176 Å². The Hall–Kier alpha value is -3.06. The highest BCUT2D eigenvalue weighted by Gasteiger charge is 2.34. The maximum atomic E-state index is 12.8. The van der Waals surface area contributed by atoms with Gasteiger partial charge in [-0.2, -0.15) is 0 Å². The Bertz CT molecular complexity index is 938. The Morgan fingerprint density at radius 3 is 2.53 bits per heavy atom. The summed E-state index contributed by atoms with van der Waals surface area (Å²) in [6.07, 6.45) is -0.616. The fourth-order valence-electron chi connectivity index (χ4n) is 3.82. The van der Waals surface area contributed by atoms with Gasteiger partial charge in [-0.15, -0.1) is 0 Å². The van der Waals surface area contributed by atoms with Gasteiger partial charge in [-0.05, 0) is 49.2 Å². The van der Waals surface area contributed by atoms with Gasteiger partial charge in [0.2, 0.25) is 6.10 Å². The molecule has 7 nitrogen and oxygen atoms in total. The molecule has 0 radical (unpaired) electrons. The van der Waals surface area contributed by atoms with Crippen molar-refractivity contribution in [1.82, 2.24) is 4.90 Å². The fourth-order valence-corrected chi connectivity index (χ4v) is 3.82. The Balaban J connectivity index is 1.25. The lowest BCUT2D eigenvalue weighted by atomic mass is 10.1. The van der Waals surface area contributed by atoms with Crippen LogP contribution in [0.4, 0.5) is 5.69 Å². The molecule has 1 atom stereocenters. The smallest absolute Gasteiger partial charge is 0.279 e. The van der Waals surface area contributed by atoms with Gasteiger partial charge in [-0.3, -0.25) is 9.59 Å². The highest BCUT2D eigenvalue weighted by atomic mass is 16.6. The molecule has 2 heterocycles. The third-order valence-corrected chi connectivity index (χ3v) is 5.77. The molecule has 4 rings (SSSR count). The van der Waals surface area contributed by atoms with E-state index in [0.29, 0.717) is 31.1 Å². The number of anilines is 1. The van der Waals surface area contributed by atoms with Crippen molar-refractivity contribution in [3.8, 4) is 11.5 Å². The number of benzene rings is 2. The first-order chi connectivity index (χ1) is 14.5. The molecule has 0 aromatic heterocycles. The summed E-state index contributed by atoms with van der Waals surface area (Å²) in [5, 5.41) is 2.98. The summed E-state index contributed by atoms with van der Waals surface area (Å²) >= 11 is 0. The van der Waals surface area contributed by atoms with Crippen LogP contribution in [0.1, 0.15) is 11.1 Å². The van der Waals surface area contributed by atoms with E-state index >= 15 is 0 Å². The number of rotatable bonds is 4. The number of nitrogens with one attached hydrogen (secondary N) is 2. The quantitative estimate of drug-likeness (QED) is 0.783. The molecule has 2 aromatic rings. The number of nitrogens with zero attached hydrogens (tertiary/aromatic N) is 1. The van der Waals surface area contributed by atoms with E-state index in [2.05, 4.69) is 12.2 Å². The second-order valence-corrected chi connectivity index (χ2v) is 7.96. The molecule has 2 aromatic carbocycles. The zero-order chi connectivity index (χ0) is 21.1. The molecule has 0 spiro atoms. The molecule has 158 valence electrons. The van der Waals surface area contributed by atoms with Crippen LogP contribution < -0.4 is 19.7 Å². The lowest BCUT2D eigenvalue weighted by molar-refractivity contribution is -0.895. The number of ether oxygens (including phenoxy) is 2. The predicted octanol–water partition coefficient (Wildman–Crippen LogP) is 0.809. The van der Waals surface area contributed by atoms with E-state index in [-0.39, 0.29) is 18.4 Å². The van der Waals surface area contributed by atoms with E-state index in [1.54, 1.807) is 0 Å². The van der Waals surface area contributed by atoms with Crippen LogP contribution in [0.3, 0.4) is 0 Å². The first kappa shape index (κ1) is 20.2. The second kappa shape index (κ2) is 8.75. The van der Waals surface area contributed by atoms with Crippen molar-refractivity contribution in [2.45, 2.75) is 20.0 Å². The van der Waals surface area contributed by atoms with Gasteiger partial charge in [0.1, 0.15) is 6.61 Å². The molecule has 0 unspecified atom stereocenters. The minimum absolute atomic E-state index is 0.00588. The van der Waals surface area contributed by atoms with Crippen molar-refractivity contribution >= 4 is 17.5 Å². The van der Waals surface area contributed by atoms with E-state index in [0.717, 1.165) is 24.3 Å². The van der Waals surface area contributed by atoms with Gasteiger partial charge >= 0.3 is 0 Å². The van der Waals surface area contributed by atoms with Crippen LogP contribution in [0.15, 0.2) is 42.5 Å². The van der Waals surface area contributed by atoms with E-state index in [9.17, 15) is 9.59 Å². The maximum Gasteiger partial charge on any atom is 0.279 e. The number of hydrogen-bond acceptors (Lipinski definition) is 4. The summed E-state index contributed by atoms with van der Waals surface area (Å²) < 4.78 is 11.5. The maximum absolute atomic E-state index is 12.8. The van der Waals surface area contributed by atoms with E-state index in [1.807, 2.05) is 54.3 Å². The summed E-state index contributed by atoms with van der Waals surface area (Å²) in [6.45, 7) is 7.37. The van der Waals surface area contributed by atoms with Gasteiger partial charge in [0.25, 0.3) is 11.8 Å². The van der Waals surface area contributed by atoms with Gasteiger partial charge in [0, 0.05) is 5.69 Å². The first-order valence-corrected chi connectivity index (χ1v) is 10.4. The van der Waals surface area contributed by atoms with Crippen LogP contribution in [0, 0.1) is 13.8 Å². The zero-order valence-corrected chi connectivity index (χ0v) is 17.4. The lowest BCUT2D eigenvalue weighted by Crippen LogP contribution is -3.15. The van der Waals surface area contributed by atoms with Gasteiger partial charge in [-0.25, -0.2) is 0 Å². The van der Waals surface area contributed by atoms with Crippen LogP contribution in [0.5, 0.6) is 11.5 Å². The molecule has 1 saturated heterocycles. The monoisotopic (exact) mass is 410 g/mol. The molecule has 2 aliphatic heterocycles. The number of piperazine rings is 1. The van der Waals surface area contributed by atoms with Crippen LogP contribution in [-0.2, 0) is 9.59 Å². The van der Waals surface area contributed by atoms with Crippen LogP contribution in [0.2, 0.25) is 0 Å². The van der Waals surface area contributed by atoms with E-state index in [1.165, 1.54) is 10.5 Å². The third kappa shape index (κ3) is 4.57. The average Bonchev–Trinajstić information content (AvgIpc) is 2.76. The molecule has 30 heavy (non-hydrogen) atoms. The minimum atomic E-state index is -0.616. The summed E-state index contributed by atoms with van der Waals surface area (Å²) in [7, 11) is 0. The van der Waals surface area contributed by atoms with Crippen LogP contribution in [-0.4, -0.2) is 62.1 Å². The SMILES string of the molecule is Cc1ccc(NC(=O)C[NH+]2CCN(C(=O)[C@@H]3COc4ccccc4O3)CC2)cc1C. The second-order valence-electron chi connectivity index (χ2n) is 7.96. The number of para-hydroxylation sites is 2. The Morgan fingerprint density at radius 1 is 1.07 bits per heavy atom. The Morgan fingerprint density at radius 2 is 1.80 bits per heavy atom. The Kier molecular flexibility index (Phi) is 5.90. The highest BCUT2D eigenvalue weighted by molar-refractivity contribution is 5.91. The van der Waals surface area contributed by atoms with E-state index in [4.69, 9.17) is 9.47 Å². The molecule has 2 aliphatic rings. The number of fused-ring (bicyclic) bond motifs is 1. The van der Waals surface area contributed by atoms with Crippen molar-refractivity contribution in [3.63, 3.8) is 0 Å². The standard InChI is InChI=1S/C23H27N3O4/c1-16-7-8-18(13-17(16)2)24-22(27)14-25-9-11-26(12-10-25)23(28)21-15-29-19-5-3-4-6-20(19)30-21/h3-8,13,21H,9-12,14-15H2,1-2H3,(H,24,27)/p+1/t21-/m0/s1. The molecule has 1 fully saturated rings. The van der Waals surface area contributed by atoms with Gasteiger partial charge in [0.15, 0.2) is 18.0 Å². The van der Waals surface area contributed by atoms with Crippen LogP contribution >= 0.6 is 0 Å². The number of amides is 2. The molecule has 0 aliphatic carbocycles. The summed E-state index contributed by atoms with van der Waals surface area (Å²) in [4.78, 5) is 28.2. The molecule has 7 heteroatoms. The number of carbonyl (C=O) groups is 2. The summed E-state index contributed by atoms with van der Waals surface area (Å²) in [5.74, 6) is 1.22. The molecular formula is C23H28N3O4+. The summed E-state index contributed by atoms with van der Waals surface area (Å²) in [6, 6.07) is 13.3. The average molecular weight is 410 g/mol. The number of quaternary nitrogens is 1. The first-order valence-electron chi connectivity index (χ1n) is 10.4. The normalized spacial score (nSPS) is 18.7. The number of aryl methyl sites for hydroxylation is 2. The van der Waals surface area contributed by atoms with Crippen molar-refractivity contribution < 1.29 is 24.0 Å². The largest absolute Gasteiger partial charge is 0.485 e. The molecule has 2 amide bonds. The molecular weight excluding hydrogens is 382 g/mol. The van der Waals surface area contributed by atoms with Crippen molar-refractivity contribution in [2.24, 2.45) is 0 Å². The number of hydrogen-bond donors (Lipinski definition) is 2. The lowest BCUT2D eigenvalue weighted by Gasteiger charge is -2.35. The third-order valence-electron chi connectivity index (χ3n) is 5.77. The topological polar surface area (TPSA) is 72.3 Å². The predicted molar refractivity (Wildman–Crippen MR) is 113 cm³/mol. The molecule has 0 saturated carbocycles. The molecule has 2 N–H and O–H groups in total. The van der Waals surface area contributed by atoms with Gasteiger partial charge in [-0.1, -0.05) is 18.2 Å². The zero-order valence-electron chi connectivity index (χ0n) is 17.4. The molecule has 0 bridgehead atoms. The summed E-state index contributed by atoms with van der Waals surface area (Å²) in [5.41, 5.74) is 3.19. The van der Waals surface area contributed by atoms with Crippen molar-refractivity contribution in [2.75, 3.05) is 44.6 Å². The van der Waals surface area contributed by atoms with Crippen molar-refractivity contribution in [1.29, 1.82) is 0 Å². The van der Waals surface area contributed by atoms with Gasteiger partial charge in [0.05, 0.1) is 26.2 Å². The van der Waals surface area contributed by atoms with Crippen LogP contribution in [0.25, 0.3) is 0 Å². The minimum Gasteiger partial charge on any atom is -0.485 e. The van der Waals surface area contributed by atoms with Gasteiger partial charge < -0.3 is 24.6 Å². The fraction of sp³-hybridized carbons (Fsp3) is 0.391. The number of carbonyl (C=O) groups excluding carboxylic acids is 2.